The smallest absolute Gasteiger partial charge is 0.334 e. The average molecular weight is 424 g/mol. The lowest BCUT2D eigenvalue weighted by atomic mass is 9.82. The molecule has 0 aromatic carbocycles. The highest BCUT2D eigenvalue weighted by molar-refractivity contribution is 5.91. The highest BCUT2D eigenvalue weighted by Crippen LogP contribution is 2.48. The van der Waals surface area contributed by atoms with Gasteiger partial charge < -0.3 is 39.7 Å². The van der Waals surface area contributed by atoms with Crippen LogP contribution in [0.5, 0.6) is 0 Å². The number of ether oxygens (including phenoxy) is 3. The lowest BCUT2D eigenvalue weighted by Gasteiger charge is -2.39. The normalized spacial score (nSPS) is 43.8. The molecule has 2 saturated heterocycles. The fraction of sp³-hybridized carbons (Fsp3) is 0.667. The summed E-state index contributed by atoms with van der Waals surface area (Å²) in [6, 6.07) is 0. The maximum absolute atomic E-state index is 12.1. The van der Waals surface area contributed by atoms with E-state index in [1.807, 2.05) is 13.0 Å². The van der Waals surface area contributed by atoms with Crippen LogP contribution in [0.25, 0.3) is 0 Å². The molecule has 2 fully saturated rings. The summed E-state index contributed by atoms with van der Waals surface area (Å²) in [7, 11) is 0. The van der Waals surface area contributed by atoms with Crippen LogP contribution in [0, 0.1) is 11.8 Å². The van der Waals surface area contributed by atoms with E-state index >= 15 is 0 Å². The minimum Gasteiger partial charge on any atom is -0.457 e. The largest absolute Gasteiger partial charge is 0.457 e. The van der Waals surface area contributed by atoms with Crippen LogP contribution in [-0.2, 0) is 19.0 Å². The predicted molar refractivity (Wildman–Crippen MR) is 102 cm³/mol. The van der Waals surface area contributed by atoms with E-state index in [-0.39, 0.29) is 18.1 Å². The van der Waals surface area contributed by atoms with Gasteiger partial charge in [0, 0.05) is 11.5 Å². The highest BCUT2D eigenvalue weighted by Gasteiger charge is 2.52. The molecule has 0 aromatic heterocycles. The lowest BCUT2D eigenvalue weighted by molar-refractivity contribution is -0.299. The minimum absolute atomic E-state index is 0.0213. The third-order valence-electron chi connectivity index (χ3n) is 6.69. The maximum Gasteiger partial charge on any atom is 0.334 e. The van der Waals surface area contributed by atoms with Crippen LogP contribution in [0.4, 0.5) is 0 Å². The molecule has 0 amide bonds. The molecular weight excluding hydrogens is 396 g/mol. The van der Waals surface area contributed by atoms with Crippen LogP contribution in [0.15, 0.2) is 34.9 Å². The quantitative estimate of drug-likeness (QED) is 0.216. The molecule has 5 N–H and O–H groups in total. The van der Waals surface area contributed by atoms with E-state index in [0.717, 1.165) is 16.7 Å². The Morgan fingerprint density at radius 1 is 1.20 bits per heavy atom. The molecule has 0 radical (unpaired) electrons. The van der Waals surface area contributed by atoms with Crippen LogP contribution < -0.4 is 0 Å². The fourth-order valence-electron chi connectivity index (χ4n) is 5.01. The van der Waals surface area contributed by atoms with E-state index in [1.54, 1.807) is 0 Å². The van der Waals surface area contributed by atoms with Gasteiger partial charge in [0.05, 0.1) is 25.2 Å². The van der Waals surface area contributed by atoms with Gasteiger partial charge in [-0.05, 0) is 25.3 Å². The summed E-state index contributed by atoms with van der Waals surface area (Å²) in [4.78, 5) is 12.1. The Morgan fingerprint density at radius 3 is 2.63 bits per heavy atom. The molecule has 9 nitrogen and oxygen atoms in total. The van der Waals surface area contributed by atoms with Crippen LogP contribution in [0.2, 0.25) is 0 Å². The van der Waals surface area contributed by atoms with Gasteiger partial charge in [-0.3, -0.25) is 0 Å². The summed E-state index contributed by atoms with van der Waals surface area (Å²) in [5.41, 5.74) is 3.18. The fourth-order valence-corrected chi connectivity index (χ4v) is 5.01. The monoisotopic (exact) mass is 424 g/mol. The Hall–Kier alpha value is -1.59. The molecule has 0 bridgehead atoms. The van der Waals surface area contributed by atoms with Crippen LogP contribution in [0.1, 0.15) is 19.8 Å². The molecular formula is C21H28O9. The number of carbonyl (C=O) groups excluding carboxylic acids is 1. The van der Waals surface area contributed by atoms with Gasteiger partial charge in [-0.2, -0.15) is 0 Å². The summed E-state index contributed by atoms with van der Waals surface area (Å²) in [6.45, 7) is 5.24. The molecule has 0 saturated carbocycles. The predicted octanol–water partition coefficient (Wildman–Crippen LogP) is -1.07. The topological polar surface area (TPSA) is 146 Å². The van der Waals surface area contributed by atoms with Gasteiger partial charge in [-0.1, -0.05) is 23.8 Å². The number of rotatable bonds is 4. The maximum atomic E-state index is 12.1. The van der Waals surface area contributed by atoms with Gasteiger partial charge in [0.1, 0.15) is 30.5 Å². The van der Waals surface area contributed by atoms with Crippen molar-refractivity contribution in [2.45, 2.75) is 62.7 Å². The number of aliphatic hydroxyl groups excluding tert-OH is 5. The second-order valence-electron chi connectivity index (χ2n) is 8.47. The van der Waals surface area contributed by atoms with E-state index in [1.165, 1.54) is 0 Å². The van der Waals surface area contributed by atoms with Crippen molar-refractivity contribution in [2.24, 2.45) is 11.8 Å². The van der Waals surface area contributed by atoms with Gasteiger partial charge in [-0.15, -0.1) is 0 Å². The van der Waals surface area contributed by atoms with Crippen molar-refractivity contribution in [1.82, 2.24) is 0 Å². The molecule has 2 aliphatic heterocycles. The van der Waals surface area contributed by atoms with Gasteiger partial charge in [0.15, 0.2) is 6.29 Å². The molecule has 2 heterocycles. The Bertz CT molecular complexity index is 785. The van der Waals surface area contributed by atoms with Crippen molar-refractivity contribution in [3.63, 3.8) is 0 Å². The molecule has 4 rings (SSSR count). The second kappa shape index (κ2) is 8.16. The number of allylic oxidation sites excluding steroid dienone is 1. The SMILES string of the molecule is C=C1C(=O)O[C@@H]2[C@H]3C(CO[C@@H]4O[C@H](CO)[C@@H](O)[C@@H](O)[C@@H]4O)=CCC3=C(C)C[C@H](O)[C@@H]12. The van der Waals surface area contributed by atoms with Crippen molar-refractivity contribution >= 4 is 5.97 Å². The third-order valence-corrected chi connectivity index (χ3v) is 6.69. The zero-order valence-corrected chi connectivity index (χ0v) is 16.7. The summed E-state index contributed by atoms with van der Waals surface area (Å²) >= 11 is 0. The number of aliphatic hydroxyl groups is 5. The Balaban J connectivity index is 1.52. The van der Waals surface area contributed by atoms with Crippen molar-refractivity contribution in [3.05, 3.63) is 34.9 Å². The van der Waals surface area contributed by atoms with Crippen LogP contribution >= 0.6 is 0 Å². The van der Waals surface area contributed by atoms with Crippen molar-refractivity contribution in [2.75, 3.05) is 13.2 Å². The average Bonchev–Trinajstić information content (AvgIpc) is 3.23. The molecule has 4 aliphatic rings. The van der Waals surface area contributed by atoms with Gasteiger partial charge >= 0.3 is 5.97 Å². The molecule has 0 spiro atoms. The Morgan fingerprint density at radius 2 is 1.93 bits per heavy atom. The molecule has 9 atom stereocenters. The number of hydrogen-bond acceptors (Lipinski definition) is 9. The number of fused-ring (bicyclic) bond motifs is 3. The zero-order valence-electron chi connectivity index (χ0n) is 16.7. The molecule has 0 aromatic rings. The first kappa shape index (κ1) is 21.6. The van der Waals surface area contributed by atoms with E-state index in [9.17, 15) is 30.3 Å². The molecule has 30 heavy (non-hydrogen) atoms. The first-order valence-corrected chi connectivity index (χ1v) is 10.1. The summed E-state index contributed by atoms with van der Waals surface area (Å²) in [5.74, 6) is -1.30. The van der Waals surface area contributed by atoms with E-state index in [4.69, 9.17) is 14.2 Å². The Labute approximate surface area is 173 Å². The zero-order chi connectivity index (χ0) is 21.7. The molecule has 0 unspecified atom stereocenters. The molecule has 2 aliphatic carbocycles. The van der Waals surface area contributed by atoms with Gasteiger partial charge in [0.2, 0.25) is 0 Å². The van der Waals surface area contributed by atoms with Crippen LogP contribution in [0.3, 0.4) is 0 Å². The van der Waals surface area contributed by atoms with E-state index < -0.39 is 61.4 Å². The molecule has 9 heteroatoms. The van der Waals surface area contributed by atoms with E-state index in [0.29, 0.717) is 12.8 Å². The standard InChI is InChI=1S/C21H28O9/c1-8-5-12(23)14-9(2)20(27)30-19(14)15-10(3-4-11(8)15)7-28-21-18(26)17(25)16(24)13(6-22)29-21/h3,12-19,21-26H,2,4-7H2,1H3/t12-,13+,14+,15-,16+,17+,18-,19-,21+/m0/s1. The highest BCUT2D eigenvalue weighted by atomic mass is 16.7. The first-order chi connectivity index (χ1) is 14.2. The van der Waals surface area contributed by atoms with Gasteiger partial charge in [0.25, 0.3) is 0 Å². The van der Waals surface area contributed by atoms with Crippen molar-refractivity contribution in [1.29, 1.82) is 0 Å². The first-order valence-electron chi connectivity index (χ1n) is 10.1. The second-order valence-corrected chi connectivity index (χ2v) is 8.47. The lowest BCUT2D eigenvalue weighted by Crippen LogP contribution is -2.59. The number of hydrogen-bond donors (Lipinski definition) is 5. The minimum atomic E-state index is -1.52. The van der Waals surface area contributed by atoms with Gasteiger partial charge in [-0.25, -0.2) is 4.79 Å². The van der Waals surface area contributed by atoms with Crippen molar-refractivity contribution in [3.8, 4) is 0 Å². The summed E-state index contributed by atoms with van der Waals surface area (Å²) in [6.07, 6.45) is -5.09. The number of carbonyl (C=O) groups is 1. The van der Waals surface area contributed by atoms with Crippen molar-refractivity contribution < 1.29 is 44.5 Å². The molecule has 166 valence electrons. The van der Waals surface area contributed by atoms with Crippen LogP contribution in [-0.4, -0.2) is 87.6 Å². The van der Waals surface area contributed by atoms with E-state index in [2.05, 4.69) is 6.58 Å². The number of esters is 1. The third kappa shape index (κ3) is 3.44. The summed E-state index contributed by atoms with van der Waals surface area (Å²) < 4.78 is 16.7. The summed E-state index contributed by atoms with van der Waals surface area (Å²) in [5, 5.41) is 50.0. The Kier molecular flexibility index (Phi) is 5.88.